The number of hydrogen-bond donors (Lipinski definition) is 2. The van der Waals surface area contributed by atoms with Crippen molar-refractivity contribution >= 4 is 27.5 Å². The predicted octanol–water partition coefficient (Wildman–Crippen LogP) is 2.52. The number of halogens is 1. The maximum Gasteiger partial charge on any atom is 0.239 e. The molecule has 0 unspecified atom stereocenters. The first-order valence-electron chi connectivity index (χ1n) is 7.05. The van der Waals surface area contributed by atoms with Crippen LogP contribution in [0.2, 0.25) is 0 Å². The number of amides is 1. The molecule has 1 amide bonds. The van der Waals surface area contributed by atoms with Crippen LogP contribution in [0.15, 0.2) is 22.7 Å². The second-order valence-corrected chi connectivity index (χ2v) is 5.68. The third-order valence-corrected chi connectivity index (χ3v) is 3.47. The number of hydrogen-bond acceptors (Lipinski definition) is 3. The predicted molar refractivity (Wildman–Crippen MR) is 88.1 cm³/mol. The van der Waals surface area contributed by atoms with Gasteiger partial charge in [-0.2, -0.15) is 0 Å². The topological polar surface area (TPSA) is 44.4 Å². The van der Waals surface area contributed by atoms with E-state index >= 15 is 0 Å². The van der Waals surface area contributed by atoms with Crippen molar-refractivity contribution in [1.82, 2.24) is 10.6 Å². The molecule has 0 saturated heterocycles. The van der Waals surface area contributed by atoms with E-state index in [-0.39, 0.29) is 5.91 Å². The Hall–Kier alpha value is -1.07. The molecule has 0 aliphatic rings. The monoisotopic (exact) mass is 341 g/mol. The average Bonchev–Trinajstić information content (AvgIpc) is 2.43. The smallest absolute Gasteiger partial charge is 0.239 e. The van der Waals surface area contributed by atoms with E-state index in [9.17, 15) is 4.79 Å². The van der Waals surface area contributed by atoms with Crippen LogP contribution in [0.4, 0.5) is 5.69 Å². The number of likely N-dealkylation sites (N-methyl/N-ethyl adjacent to an activating group) is 1. The lowest BCUT2D eigenvalue weighted by Gasteiger charge is -2.22. The number of carbonyl (C=O) groups is 1. The molecule has 4 nitrogen and oxygen atoms in total. The highest BCUT2D eigenvalue weighted by molar-refractivity contribution is 9.10. The van der Waals surface area contributed by atoms with Gasteiger partial charge in [0.25, 0.3) is 0 Å². The maximum atomic E-state index is 11.8. The van der Waals surface area contributed by atoms with Crippen LogP contribution in [0.5, 0.6) is 0 Å². The molecule has 0 saturated carbocycles. The van der Waals surface area contributed by atoms with Gasteiger partial charge in [0, 0.05) is 30.3 Å². The van der Waals surface area contributed by atoms with E-state index in [4.69, 9.17) is 0 Å². The van der Waals surface area contributed by atoms with Crippen molar-refractivity contribution in [2.75, 3.05) is 31.6 Å². The molecule has 0 spiro atoms. The SMILES string of the molecule is CCCNC(=O)CN(C)c1cc(Br)ccc1CNCC. The third kappa shape index (κ3) is 5.51. The highest BCUT2D eigenvalue weighted by Crippen LogP contribution is 2.24. The van der Waals surface area contributed by atoms with Crippen molar-refractivity contribution < 1.29 is 4.79 Å². The van der Waals surface area contributed by atoms with Crippen LogP contribution in [0.3, 0.4) is 0 Å². The van der Waals surface area contributed by atoms with Gasteiger partial charge in [-0.3, -0.25) is 4.79 Å². The van der Waals surface area contributed by atoms with Gasteiger partial charge in [-0.25, -0.2) is 0 Å². The van der Waals surface area contributed by atoms with Gasteiger partial charge < -0.3 is 15.5 Å². The van der Waals surface area contributed by atoms with Crippen molar-refractivity contribution in [3.63, 3.8) is 0 Å². The first-order valence-corrected chi connectivity index (χ1v) is 7.84. The van der Waals surface area contributed by atoms with E-state index in [2.05, 4.69) is 45.6 Å². The molecular formula is C15H24BrN3O. The van der Waals surface area contributed by atoms with Gasteiger partial charge in [0.15, 0.2) is 0 Å². The van der Waals surface area contributed by atoms with E-state index in [1.807, 2.05) is 24.9 Å². The van der Waals surface area contributed by atoms with Gasteiger partial charge in [-0.05, 0) is 30.7 Å². The summed E-state index contributed by atoms with van der Waals surface area (Å²) in [5, 5.41) is 6.23. The summed E-state index contributed by atoms with van der Waals surface area (Å²) in [6.07, 6.45) is 0.956. The third-order valence-electron chi connectivity index (χ3n) is 2.98. The molecule has 2 N–H and O–H groups in total. The van der Waals surface area contributed by atoms with Gasteiger partial charge in [-0.15, -0.1) is 0 Å². The molecule has 1 aromatic rings. The fourth-order valence-electron chi connectivity index (χ4n) is 1.92. The quantitative estimate of drug-likeness (QED) is 0.763. The zero-order valence-corrected chi connectivity index (χ0v) is 14.1. The summed E-state index contributed by atoms with van der Waals surface area (Å²) >= 11 is 3.49. The Labute approximate surface area is 130 Å². The standard InChI is InChI=1S/C15H24BrN3O/c1-4-8-18-15(20)11-19(3)14-9-13(16)7-6-12(14)10-17-5-2/h6-7,9,17H,4-5,8,10-11H2,1-3H3,(H,18,20). The molecule has 5 heteroatoms. The number of rotatable bonds is 8. The summed E-state index contributed by atoms with van der Waals surface area (Å²) in [5.41, 5.74) is 2.27. The molecule has 0 heterocycles. The molecule has 0 bridgehead atoms. The Morgan fingerprint density at radius 1 is 1.35 bits per heavy atom. The van der Waals surface area contributed by atoms with Crippen molar-refractivity contribution in [2.24, 2.45) is 0 Å². The van der Waals surface area contributed by atoms with E-state index in [0.717, 1.165) is 36.2 Å². The molecule has 0 fully saturated rings. The minimum Gasteiger partial charge on any atom is -0.365 e. The van der Waals surface area contributed by atoms with E-state index in [1.54, 1.807) is 0 Å². The Kier molecular flexibility index (Phi) is 7.62. The van der Waals surface area contributed by atoms with Crippen molar-refractivity contribution in [1.29, 1.82) is 0 Å². The highest BCUT2D eigenvalue weighted by atomic mass is 79.9. The van der Waals surface area contributed by atoms with E-state index in [0.29, 0.717) is 6.54 Å². The number of benzene rings is 1. The molecule has 112 valence electrons. The summed E-state index contributed by atoms with van der Waals surface area (Å²) in [4.78, 5) is 13.8. The van der Waals surface area contributed by atoms with Gasteiger partial charge in [0.1, 0.15) is 0 Å². The molecule has 0 aliphatic carbocycles. The second kappa shape index (κ2) is 8.97. The number of carbonyl (C=O) groups excluding carboxylic acids is 1. The molecule has 1 rings (SSSR count). The average molecular weight is 342 g/mol. The Bertz CT molecular complexity index is 437. The van der Waals surface area contributed by atoms with E-state index in [1.165, 1.54) is 5.56 Å². The zero-order valence-electron chi connectivity index (χ0n) is 12.5. The minimum atomic E-state index is 0.0590. The minimum absolute atomic E-state index is 0.0590. The summed E-state index contributed by atoms with van der Waals surface area (Å²) < 4.78 is 1.02. The summed E-state index contributed by atoms with van der Waals surface area (Å²) in [6.45, 7) is 6.97. The first-order chi connectivity index (χ1) is 9.58. The van der Waals surface area contributed by atoms with Crippen molar-refractivity contribution in [3.8, 4) is 0 Å². The van der Waals surface area contributed by atoms with Gasteiger partial charge in [-0.1, -0.05) is 35.8 Å². The van der Waals surface area contributed by atoms with Crippen molar-refractivity contribution in [2.45, 2.75) is 26.8 Å². The van der Waals surface area contributed by atoms with Crippen LogP contribution < -0.4 is 15.5 Å². The van der Waals surface area contributed by atoms with Gasteiger partial charge >= 0.3 is 0 Å². The number of anilines is 1. The van der Waals surface area contributed by atoms with E-state index < -0.39 is 0 Å². The van der Waals surface area contributed by atoms with Crippen LogP contribution in [0.25, 0.3) is 0 Å². The van der Waals surface area contributed by atoms with Crippen molar-refractivity contribution in [3.05, 3.63) is 28.2 Å². The number of nitrogens with zero attached hydrogens (tertiary/aromatic N) is 1. The van der Waals surface area contributed by atoms with Gasteiger partial charge in [0.05, 0.1) is 6.54 Å². The molecule has 20 heavy (non-hydrogen) atoms. The van der Waals surface area contributed by atoms with Crippen LogP contribution >= 0.6 is 15.9 Å². The summed E-state index contributed by atoms with van der Waals surface area (Å²) in [5.74, 6) is 0.0590. The molecule has 0 aromatic heterocycles. The Balaban J connectivity index is 2.76. The molecule has 1 aromatic carbocycles. The van der Waals surface area contributed by atoms with Gasteiger partial charge in [0.2, 0.25) is 5.91 Å². The van der Waals surface area contributed by atoms with Crippen LogP contribution in [-0.4, -0.2) is 32.6 Å². The summed E-state index contributed by atoms with van der Waals surface area (Å²) in [7, 11) is 1.95. The largest absolute Gasteiger partial charge is 0.365 e. The Morgan fingerprint density at radius 2 is 2.10 bits per heavy atom. The lowest BCUT2D eigenvalue weighted by molar-refractivity contribution is -0.119. The lowest BCUT2D eigenvalue weighted by atomic mass is 10.1. The number of nitrogens with one attached hydrogen (secondary N) is 2. The fraction of sp³-hybridized carbons (Fsp3) is 0.533. The fourth-order valence-corrected chi connectivity index (χ4v) is 2.27. The highest BCUT2D eigenvalue weighted by Gasteiger charge is 2.11. The first kappa shape index (κ1) is 17.0. The molecule has 0 aliphatic heterocycles. The van der Waals surface area contributed by atoms with Crippen LogP contribution in [0.1, 0.15) is 25.8 Å². The molecule has 0 atom stereocenters. The molecular weight excluding hydrogens is 318 g/mol. The maximum absolute atomic E-state index is 11.8. The Morgan fingerprint density at radius 3 is 2.75 bits per heavy atom. The summed E-state index contributed by atoms with van der Waals surface area (Å²) in [6, 6.07) is 6.17. The zero-order chi connectivity index (χ0) is 15.0. The second-order valence-electron chi connectivity index (χ2n) is 4.76. The van der Waals surface area contributed by atoms with Crippen LogP contribution in [-0.2, 0) is 11.3 Å². The normalized spacial score (nSPS) is 10.4. The van der Waals surface area contributed by atoms with Crippen LogP contribution in [0, 0.1) is 0 Å². The molecule has 0 radical (unpaired) electrons. The lowest BCUT2D eigenvalue weighted by Crippen LogP contribution is -2.36.